The zero-order valence-electron chi connectivity index (χ0n) is 14.3. The first kappa shape index (κ1) is 17.3. The van der Waals surface area contributed by atoms with Gasteiger partial charge in [0.2, 0.25) is 11.8 Å². The van der Waals surface area contributed by atoms with Gasteiger partial charge in [0.15, 0.2) is 6.29 Å². The standard InChI is InChI=1S/C16H22N6O3/c1-21(2)8-13(24)9-22-7-12(6-18-22)19-16-17-5-11(10-23)15(20-16)25-14-3-4-14/h5-7,10,13-14,24H,3-4,8-9H2,1-2H3,(H,17,19,20). The Kier molecular flexibility index (Phi) is 5.25. The first-order valence-electron chi connectivity index (χ1n) is 8.14. The summed E-state index contributed by atoms with van der Waals surface area (Å²) in [6.07, 6.45) is 7.10. The van der Waals surface area contributed by atoms with E-state index < -0.39 is 6.10 Å². The zero-order valence-corrected chi connectivity index (χ0v) is 14.3. The van der Waals surface area contributed by atoms with Crippen LogP contribution in [0.3, 0.4) is 0 Å². The molecule has 1 saturated carbocycles. The number of rotatable bonds is 9. The normalized spacial score (nSPS) is 15.2. The third-order valence-corrected chi connectivity index (χ3v) is 3.57. The number of carbonyl (C=O) groups is 1. The van der Waals surface area contributed by atoms with Crippen LogP contribution in [0.5, 0.6) is 5.88 Å². The second-order valence-electron chi connectivity index (χ2n) is 6.38. The number of hydrogen-bond donors (Lipinski definition) is 2. The number of nitrogens with one attached hydrogen (secondary N) is 1. The van der Waals surface area contributed by atoms with E-state index in [0.29, 0.717) is 42.5 Å². The van der Waals surface area contributed by atoms with Crippen LogP contribution in [0, 0.1) is 0 Å². The molecule has 0 aliphatic heterocycles. The molecule has 0 amide bonds. The number of aliphatic hydroxyl groups excluding tert-OH is 1. The maximum absolute atomic E-state index is 11.1. The van der Waals surface area contributed by atoms with Crippen molar-refractivity contribution < 1.29 is 14.6 Å². The van der Waals surface area contributed by atoms with Crippen molar-refractivity contribution in [2.24, 2.45) is 0 Å². The Morgan fingerprint density at radius 1 is 1.48 bits per heavy atom. The van der Waals surface area contributed by atoms with Gasteiger partial charge in [0.1, 0.15) is 6.10 Å². The van der Waals surface area contributed by atoms with Crippen LogP contribution < -0.4 is 10.1 Å². The van der Waals surface area contributed by atoms with Crippen molar-refractivity contribution in [1.29, 1.82) is 0 Å². The number of aromatic nitrogens is 4. The summed E-state index contributed by atoms with van der Waals surface area (Å²) < 4.78 is 7.29. The Hall–Kier alpha value is -2.52. The van der Waals surface area contributed by atoms with Crippen molar-refractivity contribution in [2.75, 3.05) is 26.0 Å². The van der Waals surface area contributed by atoms with Crippen LogP contribution >= 0.6 is 0 Å². The molecule has 0 saturated heterocycles. The van der Waals surface area contributed by atoms with Crippen molar-refractivity contribution in [3.05, 3.63) is 24.2 Å². The molecule has 0 bridgehead atoms. The van der Waals surface area contributed by atoms with Crippen LogP contribution in [0.15, 0.2) is 18.6 Å². The van der Waals surface area contributed by atoms with E-state index >= 15 is 0 Å². The second-order valence-corrected chi connectivity index (χ2v) is 6.38. The van der Waals surface area contributed by atoms with E-state index in [4.69, 9.17) is 4.74 Å². The highest BCUT2D eigenvalue weighted by atomic mass is 16.5. The molecule has 1 aliphatic carbocycles. The summed E-state index contributed by atoms with van der Waals surface area (Å²) in [7, 11) is 3.81. The summed E-state index contributed by atoms with van der Waals surface area (Å²) in [4.78, 5) is 21.4. The van der Waals surface area contributed by atoms with Crippen LogP contribution in [0.2, 0.25) is 0 Å². The van der Waals surface area contributed by atoms with Gasteiger partial charge in [-0.1, -0.05) is 0 Å². The van der Waals surface area contributed by atoms with Crippen LogP contribution in [0.1, 0.15) is 23.2 Å². The molecule has 0 spiro atoms. The highest BCUT2D eigenvalue weighted by molar-refractivity contribution is 5.78. The maximum atomic E-state index is 11.1. The molecule has 1 unspecified atom stereocenters. The van der Waals surface area contributed by atoms with Gasteiger partial charge in [0.25, 0.3) is 0 Å². The van der Waals surface area contributed by atoms with Crippen molar-refractivity contribution in [3.8, 4) is 5.88 Å². The average Bonchev–Trinajstić information content (AvgIpc) is 3.26. The maximum Gasteiger partial charge on any atom is 0.230 e. The molecule has 9 nitrogen and oxygen atoms in total. The summed E-state index contributed by atoms with van der Waals surface area (Å²) in [6.45, 7) is 0.946. The van der Waals surface area contributed by atoms with Crippen LogP contribution in [-0.2, 0) is 6.54 Å². The van der Waals surface area contributed by atoms with Crippen LogP contribution in [0.25, 0.3) is 0 Å². The first-order valence-corrected chi connectivity index (χ1v) is 8.14. The number of aldehydes is 1. The van der Waals surface area contributed by atoms with Gasteiger partial charge < -0.3 is 20.1 Å². The van der Waals surface area contributed by atoms with Crippen LogP contribution in [-0.4, -0.2) is 68.9 Å². The minimum Gasteiger partial charge on any atom is -0.474 e. The highest BCUT2D eigenvalue weighted by Crippen LogP contribution is 2.28. The molecule has 2 aromatic heterocycles. The van der Waals surface area contributed by atoms with E-state index in [1.165, 1.54) is 6.20 Å². The Morgan fingerprint density at radius 3 is 2.96 bits per heavy atom. The molecule has 1 aliphatic rings. The SMILES string of the molecule is CN(C)CC(O)Cn1cc(Nc2ncc(C=O)c(OC3CC3)n2)cn1. The number of ether oxygens (including phenoxy) is 1. The summed E-state index contributed by atoms with van der Waals surface area (Å²) in [6, 6.07) is 0. The molecule has 2 N–H and O–H groups in total. The quantitative estimate of drug-likeness (QED) is 0.639. The number of nitrogens with zero attached hydrogens (tertiary/aromatic N) is 5. The molecular weight excluding hydrogens is 324 g/mol. The minimum atomic E-state index is -0.510. The lowest BCUT2D eigenvalue weighted by Crippen LogP contribution is -2.29. The van der Waals surface area contributed by atoms with Crippen molar-refractivity contribution in [1.82, 2.24) is 24.6 Å². The molecule has 9 heteroatoms. The van der Waals surface area contributed by atoms with Crippen molar-refractivity contribution in [2.45, 2.75) is 31.6 Å². The minimum absolute atomic E-state index is 0.141. The van der Waals surface area contributed by atoms with Crippen LogP contribution in [0.4, 0.5) is 11.6 Å². The fourth-order valence-electron chi connectivity index (χ4n) is 2.31. The molecule has 0 radical (unpaired) electrons. The zero-order chi connectivity index (χ0) is 17.8. The average molecular weight is 346 g/mol. The number of aliphatic hydroxyl groups is 1. The molecular formula is C16H22N6O3. The lowest BCUT2D eigenvalue weighted by molar-refractivity contribution is 0.111. The smallest absolute Gasteiger partial charge is 0.230 e. The van der Waals surface area contributed by atoms with E-state index in [-0.39, 0.29) is 6.10 Å². The number of likely N-dealkylation sites (N-methyl/N-ethyl adjacent to an activating group) is 1. The van der Waals surface area contributed by atoms with Gasteiger partial charge >= 0.3 is 0 Å². The fourth-order valence-corrected chi connectivity index (χ4v) is 2.31. The molecule has 134 valence electrons. The summed E-state index contributed by atoms with van der Waals surface area (Å²) >= 11 is 0. The highest BCUT2D eigenvalue weighted by Gasteiger charge is 2.25. The van der Waals surface area contributed by atoms with E-state index in [0.717, 1.165) is 12.8 Å². The van der Waals surface area contributed by atoms with Gasteiger partial charge in [0, 0.05) is 18.9 Å². The Balaban J connectivity index is 1.65. The van der Waals surface area contributed by atoms with E-state index in [2.05, 4.69) is 20.4 Å². The summed E-state index contributed by atoms with van der Waals surface area (Å²) in [5, 5.41) is 17.2. The third-order valence-electron chi connectivity index (χ3n) is 3.57. The Bertz CT molecular complexity index is 728. The van der Waals surface area contributed by atoms with E-state index in [9.17, 15) is 9.90 Å². The molecule has 1 atom stereocenters. The predicted molar refractivity (Wildman–Crippen MR) is 91.1 cm³/mol. The largest absolute Gasteiger partial charge is 0.474 e. The van der Waals surface area contributed by atoms with Gasteiger partial charge in [-0.05, 0) is 26.9 Å². The van der Waals surface area contributed by atoms with Gasteiger partial charge in [-0.25, -0.2) is 4.98 Å². The number of carbonyl (C=O) groups excluding carboxylic acids is 1. The first-order chi connectivity index (χ1) is 12.0. The van der Waals surface area contributed by atoms with E-state index in [1.54, 1.807) is 17.1 Å². The summed E-state index contributed by atoms with van der Waals surface area (Å²) in [5.74, 6) is 0.624. The number of anilines is 2. The van der Waals surface area contributed by atoms with E-state index in [1.807, 2.05) is 19.0 Å². The molecule has 3 rings (SSSR count). The monoisotopic (exact) mass is 346 g/mol. The van der Waals surface area contributed by atoms with Gasteiger partial charge in [-0.2, -0.15) is 10.1 Å². The molecule has 25 heavy (non-hydrogen) atoms. The third kappa shape index (κ3) is 4.97. The Morgan fingerprint density at radius 2 is 2.28 bits per heavy atom. The van der Waals surface area contributed by atoms with Gasteiger partial charge in [-0.3, -0.25) is 9.48 Å². The second kappa shape index (κ2) is 7.58. The molecule has 1 fully saturated rings. The number of hydrogen-bond acceptors (Lipinski definition) is 8. The molecule has 2 heterocycles. The lowest BCUT2D eigenvalue weighted by Gasteiger charge is -2.15. The van der Waals surface area contributed by atoms with Gasteiger partial charge in [-0.15, -0.1) is 0 Å². The van der Waals surface area contributed by atoms with Gasteiger partial charge in [0.05, 0.1) is 30.1 Å². The summed E-state index contributed by atoms with van der Waals surface area (Å²) in [5.41, 5.74) is 1.02. The van der Waals surface area contributed by atoms with Crippen molar-refractivity contribution in [3.63, 3.8) is 0 Å². The molecule has 0 aromatic carbocycles. The Labute approximate surface area is 145 Å². The predicted octanol–water partition coefficient (Wildman–Crippen LogP) is 0.693. The topological polar surface area (TPSA) is 105 Å². The fraction of sp³-hybridized carbons (Fsp3) is 0.500. The molecule has 2 aromatic rings. The van der Waals surface area contributed by atoms with Crippen molar-refractivity contribution >= 4 is 17.9 Å². The lowest BCUT2D eigenvalue weighted by atomic mass is 10.3.